The van der Waals surface area contributed by atoms with Crippen LogP contribution in [0.15, 0.2) is 47.8 Å². The molecule has 0 saturated carbocycles. The molecule has 0 radical (unpaired) electrons. The molecule has 2 aromatic rings. The van der Waals surface area contributed by atoms with Gasteiger partial charge in [-0.3, -0.25) is 14.5 Å². The van der Waals surface area contributed by atoms with Crippen LogP contribution in [0, 0.1) is 0 Å². The monoisotopic (exact) mass is 357 g/mol. The van der Waals surface area contributed by atoms with Crippen LogP contribution in [-0.2, 0) is 15.1 Å². The van der Waals surface area contributed by atoms with Crippen molar-refractivity contribution < 1.29 is 14.4 Å². The SMILES string of the molecule is C[C@@H](NC(=O)CN1C(=O)N[C@@](C)(c2ccccc2)C1=O)c1cccs1. The van der Waals surface area contributed by atoms with Crippen molar-refractivity contribution in [3.05, 3.63) is 58.3 Å². The molecule has 0 bridgehead atoms. The number of carbonyl (C=O) groups is 3. The number of rotatable bonds is 5. The van der Waals surface area contributed by atoms with E-state index in [0.717, 1.165) is 9.78 Å². The number of urea groups is 1. The molecule has 2 N–H and O–H groups in total. The van der Waals surface area contributed by atoms with Crippen molar-refractivity contribution in [3.63, 3.8) is 0 Å². The van der Waals surface area contributed by atoms with E-state index < -0.39 is 17.5 Å². The molecule has 3 rings (SSSR count). The number of carbonyl (C=O) groups excluding carboxylic acids is 3. The van der Waals surface area contributed by atoms with Gasteiger partial charge in [0.15, 0.2) is 0 Å². The minimum absolute atomic E-state index is 0.172. The Morgan fingerprint density at radius 2 is 1.96 bits per heavy atom. The van der Waals surface area contributed by atoms with Gasteiger partial charge in [-0.15, -0.1) is 11.3 Å². The fourth-order valence-corrected chi connectivity index (χ4v) is 3.58. The number of hydrogen-bond acceptors (Lipinski definition) is 4. The minimum atomic E-state index is -1.15. The largest absolute Gasteiger partial charge is 0.347 e. The molecular formula is C18H19N3O3S. The highest BCUT2D eigenvalue weighted by molar-refractivity contribution is 7.10. The second-order valence-electron chi connectivity index (χ2n) is 6.12. The predicted molar refractivity (Wildman–Crippen MR) is 94.9 cm³/mol. The molecule has 0 unspecified atom stereocenters. The van der Waals surface area contributed by atoms with E-state index in [1.54, 1.807) is 31.2 Å². The lowest BCUT2D eigenvalue weighted by Gasteiger charge is -2.22. The van der Waals surface area contributed by atoms with Crippen LogP contribution in [0.25, 0.3) is 0 Å². The number of imide groups is 1. The Morgan fingerprint density at radius 1 is 1.24 bits per heavy atom. The molecular weight excluding hydrogens is 338 g/mol. The molecule has 7 heteroatoms. The summed E-state index contributed by atoms with van der Waals surface area (Å²) in [5.41, 5.74) is -0.471. The van der Waals surface area contributed by atoms with Gasteiger partial charge in [0.1, 0.15) is 12.1 Å². The molecule has 6 nitrogen and oxygen atoms in total. The van der Waals surface area contributed by atoms with E-state index in [9.17, 15) is 14.4 Å². The lowest BCUT2D eigenvalue weighted by molar-refractivity contribution is -0.135. The van der Waals surface area contributed by atoms with Gasteiger partial charge < -0.3 is 10.6 Å². The van der Waals surface area contributed by atoms with Crippen molar-refractivity contribution >= 4 is 29.2 Å². The van der Waals surface area contributed by atoms with E-state index in [4.69, 9.17) is 0 Å². The van der Waals surface area contributed by atoms with Crippen LogP contribution in [0.1, 0.15) is 30.3 Å². The van der Waals surface area contributed by atoms with E-state index in [1.165, 1.54) is 11.3 Å². The smallest absolute Gasteiger partial charge is 0.325 e. The third-order valence-electron chi connectivity index (χ3n) is 4.28. The molecule has 1 aromatic carbocycles. The lowest BCUT2D eigenvalue weighted by Crippen LogP contribution is -2.43. The van der Waals surface area contributed by atoms with Crippen molar-refractivity contribution in [3.8, 4) is 0 Å². The summed E-state index contributed by atoms with van der Waals surface area (Å²) in [5.74, 6) is -0.802. The van der Waals surface area contributed by atoms with Gasteiger partial charge in [0, 0.05) is 4.88 Å². The maximum atomic E-state index is 12.8. The highest BCUT2D eigenvalue weighted by Crippen LogP contribution is 2.28. The number of nitrogens with one attached hydrogen (secondary N) is 2. The Balaban J connectivity index is 1.70. The summed E-state index contributed by atoms with van der Waals surface area (Å²) < 4.78 is 0. The number of nitrogens with zero attached hydrogens (tertiary/aromatic N) is 1. The number of thiophene rings is 1. The highest BCUT2D eigenvalue weighted by atomic mass is 32.1. The lowest BCUT2D eigenvalue weighted by atomic mass is 9.92. The zero-order chi connectivity index (χ0) is 18.0. The molecule has 130 valence electrons. The molecule has 0 spiro atoms. The second-order valence-corrected chi connectivity index (χ2v) is 7.10. The zero-order valence-corrected chi connectivity index (χ0v) is 14.8. The average molecular weight is 357 g/mol. The molecule has 4 amide bonds. The summed E-state index contributed by atoms with van der Waals surface area (Å²) in [4.78, 5) is 39.2. The zero-order valence-electron chi connectivity index (χ0n) is 14.0. The van der Waals surface area contributed by atoms with Gasteiger partial charge in [-0.25, -0.2) is 4.79 Å². The van der Waals surface area contributed by atoms with Gasteiger partial charge in [-0.05, 0) is 30.9 Å². The summed E-state index contributed by atoms with van der Waals surface area (Å²) in [5, 5.41) is 7.44. The topological polar surface area (TPSA) is 78.5 Å². The van der Waals surface area contributed by atoms with Crippen LogP contribution in [0.3, 0.4) is 0 Å². The van der Waals surface area contributed by atoms with Crippen LogP contribution in [-0.4, -0.2) is 29.3 Å². The molecule has 2 atom stereocenters. The Bertz CT molecular complexity index is 791. The number of hydrogen-bond donors (Lipinski definition) is 2. The van der Waals surface area contributed by atoms with E-state index >= 15 is 0 Å². The van der Waals surface area contributed by atoms with Gasteiger partial charge in [0.05, 0.1) is 6.04 Å². The molecule has 0 aliphatic carbocycles. The first-order valence-electron chi connectivity index (χ1n) is 7.94. The van der Waals surface area contributed by atoms with E-state index in [2.05, 4.69) is 10.6 Å². The van der Waals surface area contributed by atoms with Crippen LogP contribution < -0.4 is 10.6 Å². The van der Waals surface area contributed by atoms with E-state index in [-0.39, 0.29) is 18.5 Å². The van der Waals surface area contributed by atoms with Crippen molar-refractivity contribution in [2.75, 3.05) is 6.54 Å². The third kappa shape index (κ3) is 3.28. The summed E-state index contributed by atoms with van der Waals surface area (Å²) in [6.45, 7) is 3.21. The first kappa shape index (κ1) is 17.2. The van der Waals surface area contributed by atoms with Crippen molar-refractivity contribution in [2.24, 2.45) is 0 Å². The first-order valence-corrected chi connectivity index (χ1v) is 8.82. The molecule has 25 heavy (non-hydrogen) atoms. The van der Waals surface area contributed by atoms with Gasteiger partial charge in [-0.1, -0.05) is 36.4 Å². The average Bonchev–Trinajstić information content (AvgIpc) is 3.20. The summed E-state index contributed by atoms with van der Waals surface area (Å²) in [7, 11) is 0. The van der Waals surface area contributed by atoms with Gasteiger partial charge in [-0.2, -0.15) is 0 Å². The molecule has 1 fully saturated rings. The minimum Gasteiger partial charge on any atom is -0.347 e. The maximum Gasteiger partial charge on any atom is 0.325 e. The summed E-state index contributed by atoms with van der Waals surface area (Å²) in [6.07, 6.45) is 0. The van der Waals surface area contributed by atoms with Crippen molar-refractivity contribution in [2.45, 2.75) is 25.4 Å². The quantitative estimate of drug-likeness (QED) is 0.807. The van der Waals surface area contributed by atoms with Crippen LogP contribution in [0.4, 0.5) is 4.79 Å². The summed E-state index contributed by atoms with van der Waals surface area (Å²) in [6, 6.07) is 12.1. The number of benzene rings is 1. The van der Waals surface area contributed by atoms with E-state index in [0.29, 0.717) is 5.56 Å². The van der Waals surface area contributed by atoms with E-state index in [1.807, 2.05) is 30.5 Å². The normalized spacial score (nSPS) is 21.1. The third-order valence-corrected chi connectivity index (χ3v) is 5.33. The fraction of sp³-hybridized carbons (Fsp3) is 0.278. The standard InChI is InChI=1S/C18H19N3O3S/c1-12(14-9-6-10-25-14)19-15(22)11-21-16(23)18(2,20-17(21)24)13-7-4-3-5-8-13/h3-10,12H,11H2,1-2H3,(H,19,22)(H,20,24)/t12-,18+/m1/s1. The summed E-state index contributed by atoms with van der Waals surface area (Å²) >= 11 is 1.54. The molecule has 1 aliphatic rings. The fourth-order valence-electron chi connectivity index (χ4n) is 2.85. The van der Waals surface area contributed by atoms with Gasteiger partial charge >= 0.3 is 6.03 Å². The predicted octanol–water partition coefficient (Wildman–Crippen LogP) is 2.39. The Hall–Kier alpha value is -2.67. The molecule has 1 aromatic heterocycles. The highest BCUT2D eigenvalue weighted by Gasteiger charge is 2.49. The maximum absolute atomic E-state index is 12.8. The second kappa shape index (κ2) is 6.68. The van der Waals surface area contributed by atoms with Crippen molar-refractivity contribution in [1.29, 1.82) is 0 Å². The van der Waals surface area contributed by atoms with Gasteiger partial charge in [0.2, 0.25) is 5.91 Å². The Morgan fingerprint density at radius 3 is 2.60 bits per heavy atom. The Labute approximate surface area is 149 Å². The molecule has 1 aliphatic heterocycles. The Kier molecular flexibility index (Phi) is 4.59. The van der Waals surface area contributed by atoms with Gasteiger partial charge in [0.25, 0.3) is 5.91 Å². The van der Waals surface area contributed by atoms with Crippen LogP contribution >= 0.6 is 11.3 Å². The molecule has 1 saturated heterocycles. The molecule has 2 heterocycles. The first-order chi connectivity index (χ1) is 11.9. The van der Waals surface area contributed by atoms with Crippen LogP contribution in [0.5, 0.6) is 0 Å². The van der Waals surface area contributed by atoms with Crippen molar-refractivity contribution in [1.82, 2.24) is 15.5 Å². The number of amides is 4. The van der Waals surface area contributed by atoms with Crippen LogP contribution in [0.2, 0.25) is 0 Å².